The molecular formula is C11H18N2. The third-order valence-corrected chi connectivity index (χ3v) is 2.27. The smallest absolute Gasteiger partial charge is 0.0424 e. The Kier molecular flexibility index (Phi) is 3.04. The van der Waals surface area contributed by atoms with Crippen LogP contribution in [0, 0.1) is 6.92 Å². The van der Waals surface area contributed by atoms with Crippen molar-refractivity contribution >= 4 is 0 Å². The summed E-state index contributed by atoms with van der Waals surface area (Å²) in [5.74, 6) is 0. The summed E-state index contributed by atoms with van der Waals surface area (Å²) in [4.78, 5) is 4.33. The molecule has 2 nitrogen and oxygen atoms in total. The summed E-state index contributed by atoms with van der Waals surface area (Å²) in [7, 11) is 1.98. The van der Waals surface area contributed by atoms with Crippen LogP contribution in [0.1, 0.15) is 25.1 Å². The number of likely N-dealkylation sites (N-methyl/N-ethyl adjacent to an activating group) is 1. The Labute approximate surface area is 80.4 Å². The Morgan fingerprint density at radius 2 is 2.15 bits per heavy atom. The van der Waals surface area contributed by atoms with Crippen molar-refractivity contribution in [2.45, 2.75) is 32.7 Å². The molecule has 0 aliphatic carbocycles. The molecule has 0 saturated carbocycles. The third-order valence-electron chi connectivity index (χ3n) is 2.27. The van der Waals surface area contributed by atoms with Crippen molar-refractivity contribution in [2.75, 3.05) is 7.05 Å². The van der Waals surface area contributed by atoms with Crippen molar-refractivity contribution in [1.82, 2.24) is 10.3 Å². The Morgan fingerprint density at radius 3 is 2.69 bits per heavy atom. The number of nitrogens with one attached hydrogen (secondary N) is 1. The van der Waals surface area contributed by atoms with E-state index < -0.39 is 0 Å². The van der Waals surface area contributed by atoms with Gasteiger partial charge in [-0.1, -0.05) is 0 Å². The first-order valence-electron chi connectivity index (χ1n) is 4.64. The van der Waals surface area contributed by atoms with E-state index in [2.05, 4.69) is 37.1 Å². The van der Waals surface area contributed by atoms with Crippen LogP contribution in [0.4, 0.5) is 0 Å². The van der Waals surface area contributed by atoms with Gasteiger partial charge in [0.05, 0.1) is 0 Å². The highest BCUT2D eigenvalue weighted by molar-refractivity contribution is 5.16. The van der Waals surface area contributed by atoms with Crippen LogP contribution >= 0.6 is 0 Å². The van der Waals surface area contributed by atoms with Crippen LogP contribution in [0.15, 0.2) is 18.3 Å². The van der Waals surface area contributed by atoms with E-state index in [1.807, 2.05) is 19.3 Å². The van der Waals surface area contributed by atoms with E-state index in [0.717, 1.165) is 12.1 Å². The molecule has 1 aromatic rings. The van der Waals surface area contributed by atoms with Gasteiger partial charge in [0, 0.05) is 23.9 Å². The first-order valence-corrected chi connectivity index (χ1v) is 4.64. The second-order valence-electron chi connectivity index (χ2n) is 4.14. The van der Waals surface area contributed by atoms with Crippen molar-refractivity contribution in [1.29, 1.82) is 0 Å². The molecule has 0 atom stereocenters. The first-order chi connectivity index (χ1) is 6.03. The van der Waals surface area contributed by atoms with Gasteiger partial charge in [-0.05, 0) is 45.5 Å². The Bertz CT molecular complexity index is 279. The van der Waals surface area contributed by atoms with Gasteiger partial charge >= 0.3 is 0 Å². The SMILES string of the molecule is CNC(C)(C)Cc1cc(C)ccn1. The lowest BCUT2D eigenvalue weighted by molar-refractivity contribution is 0.418. The van der Waals surface area contributed by atoms with Gasteiger partial charge < -0.3 is 5.32 Å². The fourth-order valence-electron chi connectivity index (χ4n) is 1.24. The average molecular weight is 178 g/mol. The van der Waals surface area contributed by atoms with Crippen LogP contribution in [0.3, 0.4) is 0 Å². The highest BCUT2D eigenvalue weighted by atomic mass is 14.9. The molecule has 0 amide bonds. The van der Waals surface area contributed by atoms with E-state index in [1.165, 1.54) is 5.56 Å². The largest absolute Gasteiger partial charge is 0.314 e. The minimum Gasteiger partial charge on any atom is -0.314 e. The highest BCUT2D eigenvalue weighted by Crippen LogP contribution is 2.10. The van der Waals surface area contributed by atoms with Crippen LogP contribution in [0.5, 0.6) is 0 Å². The maximum atomic E-state index is 4.33. The van der Waals surface area contributed by atoms with Crippen LogP contribution in [0.2, 0.25) is 0 Å². The predicted octanol–water partition coefficient (Wildman–Crippen LogP) is 1.93. The second kappa shape index (κ2) is 3.88. The van der Waals surface area contributed by atoms with Gasteiger partial charge in [0.25, 0.3) is 0 Å². The molecule has 0 aliphatic heterocycles. The summed E-state index contributed by atoms with van der Waals surface area (Å²) in [5.41, 5.74) is 2.55. The number of aromatic nitrogens is 1. The van der Waals surface area contributed by atoms with E-state index in [9.17, 15) is 0 Å². The number of aryl methyl sites for hydroxylation is 1. The molecule has 1 aromatic heterocycles. The molecule has 0 unspecified atom stereocenters. The molecule has 1 heterocycles. The maximum Gasteiger partial charge on any atom is 0.0424 e. The Hall–Kier alpha value is -0.890. The molecule has 72 valence electrons. The topological polar surface area (TPSA) is 24.9 Å². The van der Waals surface area contributed by atoms with E-state index in [-0.39, 0.29) is 5.54 Å². The lowest BCUT2D eigenvalue weighted by Gasteiger charge is -2.23. The fraction of sp³-hybridized carbons (Fsp3) is 0.545. The zero-order chi connectivity index (χ0) is 9.90. The van der Waals surface area contributed by atoms with Gasteiger partial charge in [0.1, 0.15) is 0 Å². The minimum absolute atomic E-state index is 0.126. The molecule has 0 radical (unpaired) electrons. The molecule has 0 aliphatic rings. The standard InChI is InChI=1S/C11H18N2/c1-9-5-6-13-10(7-9)8-11(2,3)12-4/h5-7,12H,8H2,1-4H3. The molecule has 0 bridgehead atoms. The molecule has 1 N–H and O–H groups in total. The van der Waals surface area contributed by atoms with Gasteiger partial charge in [-0.3, -0.25) is 4.98 Å². The predicted molar refractivity (Wildman–Crippen MR) is 55.8 cm³/mol. The highest BCUT2D eigenvalue weighted by Gasteiger charge is 2.15. The number of rotatable bonds is 3. The van der Waals surface area contributed by atoms with Gasteiger partial charge in [0.2, 0.25) is 0 Å². The lowest BCUT2D eigenvalue weighted by Crippen LogP contribution is -2.38. The molecule has 0 fully saturated rings. The first kappa shape index (κ1) is 10.2. The molecule has 13 heavy (non-hydrogen) atoms. The number of pyridine rings is 1. The summed E-state index contributed by atoms with van der Waals surface area (Å²) in [6.07, 6.45) is 2.83. The zero-order valence-electron chi connectivity index (χ0n) is 8.89. The number of nitrogens with zero attached hydrogens (tertiary/aromatic N) is 1. The summed E-state index contributed by atoms with van der Waals surface area (Å²) in [6.45, 7) is 6.45. The minimum atomic E-state index is 0.126. The van der Waals surface area contributed by atoms with E-state index in [1.54, 1.807) is 0 Å². The Morgan fingerprint density at radius 1 is 1.46 bits per heavy atom. The average Bonchev–Trinajstić information content (AvgIpc) is 2.03. The monoisotopic (exact) mass is 178 g/mol. The summed E-state index contributed by atoms with van der Waals surface area (Å²) in [5, 5.41) is 3.27. The molecular weight excluding hydrogens is 160 g/mol. The van der Waals surface area contributed by atoms with Gasteiger partial charge in [-0.25, -0.2) is 0 Å². The van der Waals surface area contributed by atoms with E-state index >= 15 is 0 Å². The van der Waals surface area contributed by atoms with Crippen LogP contribution in [-0.4, -0.2) is 17.6 Å². The molecule has 0 aromatic carbocycles. The van der Waals surface area contributed by atoms with E-state index in [0.29, 0.717) is 0 Å². The number of hydrogen-bond acceptors (Lipinski definition) is 2. The second-order valence-corrected chi connectivity index (χ2v) is 4.14. The van der Waals surface area contributed by atoms with Crippen molar-refractivity contribution in [3.63, 3.8) is 0 Å². The zero-order valence-corrected chi connectivity index (χ0v) is 8.89. The molecule has 2 heteroatoms. The summed E-state index contributed by atoms with van der Waals surface area (Å²) in [6, 6.07) is 4.16. The van der Waals surface area contributed by atoms with Gasteiger partial charge in [0.15, 0.2) is 0 Å². The van der Waals surface area contributed by atoms with E-state index in [4.69, 9.17) is 0 Å². The van der Waals surface area contributed by atoms with Gasteiger partial charge in [-0.2, -0.15) is 0 Å². The van der Waals surface area contributed by atoms with Crippen molar-refractivity contribution in [3.05, 3.63) is 29.6 Å². The molecule has 0 spiro atoms. The lowest BCUT2D eigenvalue weighted by atomic mass is 9.98. The summed E-state index contributed by atoms with van der Waals surface area (Å²) < 4.78 is 0. The Balaban J connectivity index is 2.74. The molecule has 0 saturated heterocycles. The van der Waals surface area contributed by atoms with Crippen molar-refractivity contribution in [3.8, 4) is 0 Å². The van der Waals surface area contributed by atoms with Crippen molar-refractivity contribution in [2.24, 2.45) is 0 Å². The van der Waals surface area contributed by atoms with Crippen LogP contribution in [-0.2, 0) is 6.42 Å². The van der Waals surface area contributed by atoms with Crippen LogP contribution in [0.25, 0.3) is 0 Å². The normalized spacial score (nSPS) is 11.7. The number of hydrogen-bond donors (Lipinski definition) is 1. The van der Waals surface area contributed by atoms with Crippen molar-refractivity contribution < 1.29 is 0 Å². The molecule has 1 rings (SSSR count). The fourth-order valence-corrected chi connectivity index (χ4v) is 1.24. The van der Waals surface area contributed by atoms with Gasteiger partial charge in [-0.15, -0.1) is 0 Å². The quantitative estimate of drug-likeness (QED) is 0.765. The maximum absolute atomic E-state index is 4.33. The van der Waals surface area contributed by atoms with Crippen LogP contribution < -0.4 is 5.32 Å². The summed E-state index contributed by atoms with van der Waals surface area (Å²) >= 11 is 0. The third kappa shape index (κ3) is 3.15.